The lowest BCUT2D eigenvalue weighted by Gasteiger charge is -2.32. The van der Waals surface area contributed by atoms with Gasteiger partial charge in [0.15, 0.2) is 0 Å². The van der Waals surface area contributed by atoms with Crippen LogP contribution in [0.4, 0.5) is 11.4 Å². The molecule has 0 unspecified atom stereocenters. The Morgan fingerprint density at radius 2 is 1.74 bits per heavy atom. The van der Waals surface area contributed by atoms with E-state index in [0.29, 0.717) is 11.3 Å². The number of aromatic carboxylic acids is 1. The third-order valence-corrected chi connectivity index (χ3v) is 6.52. The van der Waals surface area contributed by atoms with Crippen LogP contribution in [0.1, 0.15) is 35.7 Å². The van der Waals surface area contributed by atoms with Gasteiger partial charge in [0, 0.05) is 24.5 Å². The molecule has 1 heterocycles. The predicted octanol–water partition coefficient (Wildman–Crippen LogP) is 3.73. The number of hydrogen-bond acceptors (Lipinski definition) is 4. The van der Waals surface area contributed by atoms with E-state index in [1.54, 1.807) is 19.1 Å². The third-order valence-electron chi connectivity index (χ3n) is 4.99. The first-order valence-corrected chi connectivity index (χ1v) is 10.5. The number of sulfonamides is 1. The standard InChI is InChI=1S/C20H24N2O4S/c1-14-9-11-22(12-10-14)18-7-5-17(6-8-18)21-27(25,26)19-13-16(20(23)24)4-3-15(19)2/h3-8,13-14,21H,9-12H2,1-2H3,(H,23,24). The number of carboxylic acid groups (broad SMARTS) is 1. The van der Waals surface area contributed by atoms with Gasteiger partial charge in [-0.1, -0.05) is 13.0 Å². The van der Waals surface area contributed by atoms with Crippen LogP contribution in [0.5, 0.6) is 0 Å². The maximum Gasteiger partial charge on any atom is 0.335 e. The average Bonchev–Trinajstić information content (AvgIpc) is 2.63. The van der Waals surface area contributed by atoms with Crippen molar-refractivity contribution in [3.05, 3.63) is 53.6 Å². The number of nitrogens with zero attached hydrogens (tertiary/aromatic N) is 1. The van der Waals surface area contributed by atoms with Crippen molar-refractivity contribution in [1.29, 1.82) is 0 Å². The zero-order valence-electron chi connectivity index (χ0n) is 15.5. The van der Waals surface area contributed by atoms with Gasteiger partial charge in [-0.2, -0.15) is 0 Å². The number of nitrogens with one attached hydrogen (secondary N) is 1. The van der Waals surface area contributed by atoms with Crippen LogP contribution in [0.15, 0.2) is 47.4 Å². The highest BCUT2D eigenvalue weighted by atomic mass is 32.2. The Kier molecular flexibility index (Phi) is 5.41. The van der Waals surface area contributed by atoms with Crippen LogP contribution in [-0.4, -0.2) is 32.6 Å². The van der Waals surface area contributed by atoms with Crippen LogP contribution >= 0.6 is 0 Å². The Bertz CT molecular complexity index is 931. The number of carboxylic acids is 1. The fourth-order valence-corrected chi connectivity index (χ4v) is 4.57. The van der Waals surface area contributed by atoms with E-state index in [0.717, 1.165) is 37.5 Å². The maximum absolute atomic E-state index is 12.7. The molecule has 1 aliphatic rings. The van der Waals surface area contributed by atoms with Crippen LogP contribution in [0.2, 0.25) is 0 Å². The van der Waals surface area contributed by atoms with Gasteiger partial charge in [0.2, 0.25) is 0 Å². The molecule has 0 bridgehead atoms. The van der Waals surface area contributed by atoms with E-state index < -0.39 is 16.0 Å². The van der Waals surface area contributed by atoms with Crippen molar-refractivity contribution >= 4 is 27.4 Å². The average molecular weight is 388 g/mol. The monoisotopic (exact) mass is 388 g/mol. The summed E-state index contributed by atoms with van der Waals surface area (Å²) in [7, 11) is -3.87. The molecule has 3 rings (SSSR count). The molecule has 0 aliphatic carbocycles. The van der Waals surface area contributed by atoms with Crippen LogP contribution in [-0.2, 0) is 10.0 Å². The van der Waals surface area contributed by atoms with Crippen molar-refractivity contribution in [3.8, 4) is 0 Å². The summed E-state index contributed by atoms with van der Waals surface area (Å²) in [6, 6.07) is 11.4. The van der Waals surface area contributed by atoms with Gasteiger partial charge in [-0.3, -0.25) is 4.72 Å². The van der Waals surface area contributed by atoms with Gasteiger partial charge in [-0.05, 0) is 67.6 Å². The summed E-state index contributed by atoms with van der Waals surface area (Å²) in [6.45, 7) is 5.91. The SMILES string of the molecule is Cc1ccc(C(=O)O)cc1S(=O)(=O)Nc1ccc(N2CCC(C)CC2)cc1. The molecular formula is C20H24N2O4S. The van der Waals surface area contributed by atoms with E-state index >= 15 is 0 Å². The quantitative estimate of drug-likeness (QED) is 0.815. The number of anilines is 2. The molecule has 1 aliphatic heterocycles. The highest BCUT2D eigenvalue weighted by Crippen LogP contribution is 2.26. The van der Waals surface area contributed by atoms with Gasteiger partial charge in [-0.25, -0.2) is 13.2 Å². The third kappa shape index (κ3) is 4.42. The molecule has 27 heavy (non-hydrogen) atoms. The van der Waals surface area contributed by atoms with E-state index in [9.17, 15) is 13.2 Å². The number of benzene rings is 2. The minimum absolute atomic E-state index is 0.0310. The summed E-state index contributed by atoms with van der Waals surface area (Å²) in [5.74, 6) is -0.413. The fraction of sp³-hybridized carbons (Fsp3) is 0.350. The number of rotatable bonds is 5. The van der Waals surface area contributed by atoms with Crippen molar-refractivity contribution in [2.45, 2.75) is 31.6 Å². The first kappa shape index (κ1) is 19.2. The van der Waals surface area contributed by atoms with E-state index in [2.05, 4.69) is 16.5 Å². The van der Waals surface area contributed by atoms with Gasteiger partial charge < -0.3 is 10.0 Å². The molecule has 0 radical (unpaired) electrons. The zero-order valence-corrected chi connectivity index (χ0v) is 16.3. The number of hydrogen-bond donors (Lipinski definition) is 2. The van der Waals surface area contributed by atoms with E-state index in [1.807, 2.05) is 12.1 Å². The lowest BCUT2D eigenvalue weighted by molar-refractivity contribution is 0.0696. The van der Waals surface area contributed by atoms with Crippen LogP contribution in [0, 0.1) is 12.8 Å². The Morgan fingerprint density at radius 3 is 2.33 bits per heavy atom. The molecule has 7 heteroatoms. The van der Waals surface area contributed by atoms with Crippen molar-refractivity contribution in [2.24, 2.45) is 5.92 Å². The molecule has 0 aromatic heterocycles. The topological polar surface area (TPSA) is 86.7 Å². The highest BCUT2D eigenvalue weighted by molar-refractivity contribution is 7.92. The summed E-state index contributed by atoms with van der Waals surface area (Å²) in [5.41, 5.74) is 1.96. The van der Waals surface area contributed by atoms with Crippen molar-refractivity contribution in [1.82, 2.24) is 0 Å². The predicted molar refractivity (Wildman–Crippen MR) is 106 cm³/mol. The highest BCUT2D eigenvalue weighted by Gasteiger charge is 2.20. The summed E-state index contributed by atoms with van der Waals surface area (Å²) in [4.78, 5) is 13.4. The summed E-state index contributed by atoms with van der Waals surface area (Å²) in [5, 5.41) is 9.11. The Morgan fingerprint density at radius 1 is 1.11 bits per heavy atom. The van der Waals surface area contributed by atoms with Gasteiger partial charge in [0.05, 0.1) is 10.5 Å². The molecule has 0 spiro atoms. The molecule has 2 N–H and O–H groups in total. The van der Waals surface area contributed by atoms with Crippen molar-refractivity contribution in [2.75, 3.05) is 22.7 Å². The maximum atomic E-state index is 12.7. The lowest BCUT2D eigenvalue weighted by atomic mass is 9.99. The van der Waals surface area contributed by atoms with Gasteiger partial charge in [0.25, 0.3) is 10.0 Å². The zero-order chi connectivity index (χ0) is 19.6. The van der Waals surface area contributed by atoms with Crippen LogP contribution in [0.3, 0.4) is 0 Å². The molecule has 2 aromatic carbocycles. The second-order valence-corrected chi connectivity index (χ2v) is 8.76. The number of aryl methyl sites for hydroxylation is 1. The summed E-state index contributed by atoms with van der Waals surface area (Å²) in [6.07, 6.45) is 2.32. The second-order valence-electron chi connectivity index (χ2n) is 7.11. The molecule has 2 aromatic rings. The number of carbonyl (C=O) groups is 1. The molecular weight excluding hydrogens is 364 g/mol. The summed E-state index contributed by atoms with van der Waals surface area (Å²) >= 11 is 0. The molecule has 0 saturated carbocycles. The lowest BCUT2D eigenvalue weighted by Crippen LogP contribution is -2.32. The van der Waals surface area contributed by atoms with Crippen molar-refractivity contribution in [3.63, 3.8) is 0 Å². The first-order valence-electron chi connectivity index (χ1n) is 8.98. The smallest absolute Gasteiger partial charge is 0.335 e. The minimum atomic E-state index is -3.87. The molecule has 1 fully saturated rings. The van der Waals surface area contributed by atoms with Crippen LogP contribution in [0.25, 0.3) is 0 Å². The van der Waals surface area contributed by atoms with Gasteiger partial charge in [0.1, 0.15) is 0 Å². The van der Waals surface area contributed by atoms with E-state index in [-0.39, 0.29) is 10.5 Å². The fourth-order valence-electron chi connectivity index (χ4n) is 3.24. The normalized spacial score (nSPS) is 15.6. The molecule has 0 atom stereocenters. The summed E-state index contributed by atoms with van der Waals surface area (Å²) < 4.78 is 28.0. The van der Waals surface area contributed by atoms with E-state index in [1.165, 1.54) is 18.2 Å². The molecule has 144 valence electrons. The Hall–Kier alpha value is -2.54. The molecule has 1 saturated heterocycles. The van der Waals surface area contributed by atoms with E-state index in [4.69, 9.17) is 5.11 Å². The van der Waals surface area contributed by atoms with Crippen LogP contribution < -0.4 is 9.62 Å². The second kappa shape index (κ2) is 7.60. The molecule has 0 amide bonds. The number of piperidine rings is 1. The largest absolute Gasteiger partial charge is 0.478 e. The van der Waals surface area contributed by atoms with Gasteiger partial charge >= 0.3 is 5.97 Å². The van der Waals surface area contributed by atoms with Crippen molar-refractivity contribution < 1.29 is 18.3 Å². The van der Waals surface area contributed by atoms with Gasteiger partial charge in [-0.15, -0.1) is 0 Å². The minimum Gasteiger partial charge on any atom is -0.478 e. The Balaban J connectivity index is 1.78. The molecule has 6 nitrogen and oxygen atoms in total. The Labute approximate surface area is 159 Å². The first-order chi connectivity index (χ1) is 12.8.